The van der Waals surface area contributed by atoms with Crippen molar-refractivity contribution < 1.29 is 8.42 Å². The van der Waals surface area contributed by atoms with Gasteiger partial charge in [-0.2, -0.15) is 4.31 Å². The molecule has 1 spiro atoms. The lowest BCUT2D eigenvalue weighted by Gasteiger charge is -2.45. The first-order valence-electron chi connectivity index (χ1n) is 10.6. The number of hydrogen-bond donors (Lipinski definition) is 3. The molecule has 0 radical (unpaired) electrons. The van der Waals surface area contributed by atoms with Crippen LogP contribution in [0.4, 0.5) is 11.6 Å². The summed E-state index contributed by atoms with van der Waals surface area (Å²) in [6, 6.07) is 2.38. The van der Waals surface area contributed by atoms with E-state index in [1.54, 1.807) is 0 Å². The van der Waals surface area contributed by atoms with Crippen molar-refractivity contribution in [1.29, 1.82) is 0 Å². The van der Waals surface area contributed by atoms with Crippen LogP contribution in [-0.4, -0.2) is 54.1 Å². The number of aryl methyl sites for hydroxylation is 2. The summed E-state index contributed by atoms with van der Waals surface area (Å²) < 4.78 is 27.4. The van der Waals surface area contributed by atoms with Crippen molar-refractivity contribution >= 4 is 21.7 Å². The van der Waals surface area contributed by atoms with E-state index >= 15 is 0 Å². The van der Waals surface area contributed by atoms with E-state index < -0.39 is 10.0 Å². The number of hydrogen-bond acceptors (Lipinski definition) is 6. The molecule has 6 rings (SSSR count). The van der Waals surface area contributed by atoms with Gasteiger partial charge in [-0.3, -0.25) is 4.98 Å². The van der Waals surface area contributed by atoms with Crippen molar-refractivity contribution in [1.82, 2.24) is 24.8 Å². The minimum Gasteiger partial charge on any atom is -0.324 e. The molecule has 2 fully saturated rings. The van der Waals surface area contributed by atoms with Gasteiger partial charge in [-0.1, -0.05) is 6.07 Å². The smallest absolute Gasteiger partial charge is 0.278 e. The van der Waals surface area contributed by atoms with Gasteiger partial charge in [0.15, 0.2) is 0 Å². The van der Waals surface area contributed by atoms with E-state index in [0.29, 0.717) is 19.0 Å². The Morgan fingerprint density at radius 3 is 2.41 bits per heavy atom. The number of H-pyrrole nitrogens is 1. The molecule has 9 heteroatoms. The summed E-state index contributed by atoms with van der Waals surface area (Å²) in [5.74, 6) is 0.413. The SMILES string of the molecule is O=S(=O)(c1nnc(Nc2c3c(cc4c2CCC4)CCC3)[nH]1)N1CC2(CCNC2)C1. The van der Waals surface area contributed by atoms with Crippen LogP contribution in [0.1, 0.15) is 41.5 Å². The highest BCUT2D eigenvalue weighted by Crippen LogP contribution is 2.40. The third-order valence-corrected chi connectivity index (χ3v) is 8.73. The third kappa shape index (κ3) is 2.74. The van der Waals surface area contributed by atoms with Crippen molar-refractivity contribution in [2.45, 2.75) is 50.1 Å². The maximum absolute atomic E-state index is 12.9. The van der Waals surface area contributed by atoms with Gasteiger partial charge in [-0.15, -0.1) is 10.2 Å². The molecule has 8 nitrogen and oxygen atoms in total. The first-order valence-corrected chi connectivity index (χ1v) is 12.1. The zero-order valence-electron chi connectivity index (χ0n) is 16.4. The molecule has 2 aliphatic heterocycles. The highest BCUT2D eigenvalue weighted by Gasteiger charge is 2.50. The maximum Gasteiger partial charge on any atom is 0.278 e. The zero-order chi connectivity index (χ0) is 19.6. The maximum atomic E-state index is 12.9. The van der Waals surface area contributed by atoms with Crippen molar-refractivity contribution in [3.63, 3.8) is 0 Å². The van der Waals surface area contributed by atoms with Gasteiger partial charge in [0, 0.05) is 30.7 Å². The number of anilines is 2. The van der Waals surface area contributed by atoms with Gasteiger partial charge < -0.3 is 10.6 Å². The van der Waals surface area contributed by atoms with Crippen LogP contribution in [0.2, 0.25) is 0 Å². The quantitative estimate of drug-likeness (QED) is 0.701. The number of aromatic nitrogens is 3. The van der Waals surface area contributed by atoms with E-state index in [1.165, 1.54) is 39.4 Å². The first-order chi connectivity index (χ1) is 14.0. The minimum absolute atomic E-state index is 0.0648. The number of fused-ring (bicyclic) bond motifs is 2. The Morgan fingerprint density at radius 1 is 1.03 bits per heavy atom. The lowest BCUT2D eigenvalue weighted by atomic mass is 9.81. The topological polar surface area (TPSA) is 103 Å². The molecule has 3 N–H and O–H groups in total. The highest BCUT2D eigenvalue weighted by atomic mass is 32.2. The Hall–Kier alpha value is -1.97. The molecule has 4 aliphatic rings. The summed E-state index contributed by atoms with van der Waals surface area (Å²) in [7, 11) is -3.62. The zero-order valence-corrected chi connectivity index (χ0v) is 17.2. The molecule has 0 atom stereocenters. The second kappa shape index (κ2) is 6.26. The molecule has 0 saturated carbocycles. The van der Waals surface area contributed by atoms with Crippen LogP contribution in [0, 0.1) is 5.41 Å². The average Bonchev–Trinajstić information content (AvgIpc) is 3.44. The summed E-state index contributed by atoms with van der Waals surface area (Å²) in [6.45, 7) is 2.99. The van der Waals surface area contributed by atoms with E-state index in [2.05, 4.69) is 31.9 Å². The summed E-state index contributed by atoms with van der Waals surface area (Å²) in [4.78, 5) is 2.93. The molecule has 1 aromatic heterocycles. The molecule has 0 amide bonds. The third-order valence-electron chi connectivity index (χ3n) is 7.12. The van der Waals surface area contributed by atoms with Gasteiger partial charge in [0.25, 0.3) is 15.2 Å². The molecule has 154 valence electrons. The largest absolute Gasteiger partial charge is 0.324 e. The second-order valence-corrected chi connectivity index (χ2v) is 10.9. The Bertz CT molecular complexity index is 1050. The number of nitrogens with zero attached hydrogens (tertiary/aromatic N) is 3. The number of aromatic amines is 1. The van der Waals surface area contributed by atoms with E-state index in [9.17, 15) is 8.42 Å². The molecule has 3 heterocycles. The fourth-order valence-electron chi connectivity index (χ4n) is 5.56. The monoisotopic (exact) mass is 414 g/mol. The van der Waals surface area contributed by atoms with Crippen LogP contribution in [0.15, 0.2) is 11.2 Å². The van der Waals surface area contributed by atoms with E-state index in [1.807, 2.05) is 0 Å². The number of nitrogens with one attached hydrogen (secondary N) is 3. The normalized spacial score (nSPS) is 22.6. The van der Waals surface area contributed by atoms with E-state index in [-0.39, 0.29) is 10.6 Å². The minimum atomic E-state index is -3.62. The average molecular weight is 415 g/mol. The molecule has 2 saturated heterocycles. The van der Waals surface area contributed by atoms with E-state index in [0.717, 1.165) is 50.9 Å². The number of rotatable bonds is 4. The first kappa shape index (κ1) is 17.9. The predicted molar refractivity (Wildman–Crippen MR) is 109 cm³/mol. The van der Waals surface area contributed by atoms with Crippen LogP contribution < -0.4 is 10.6 Å². The van der Waals surface area contributed by atoms with Gasteiger partial charge in [0.2, 0.25) is 5.95 Å². The fourth-order valence-corrected chi connectivity index (χ4v) is 7.07. The Labute approximate surface area is 170 Å². The summed E-state index contributed by atoms with van der Waals surface area (Å²) >= 11 is 0. The highest BCUT2D eigenvalue weighted by molar-refractivity contribution is 7.89. The molecule has 1 aromatic carbocycles. The van der Waals surface area contributed by atoms with Gasteiger partial charge in [0.1, 0.15) is 0 Å². The van der Waals surface area contributed by atoms with Crippen LogP contribution in [0.5, 0.6) is 0 Å². The predicted octanol–water partition coefficient (Wildman–Crippen LogP) is 1.51. The Kier molecular flexibility index (Phi) is 3.86. The molecular formula is C20H26N6O2S. The van der Waals surface area contributed by atoms with Crippen LogP contribution in [0.25, 0.3) is 0 Å². The number of sulfonamides is 1. The molecule has 0 bridgehead atoms. The van der Waals surface area contributed by atoms with Crippen molar-refractivity contribution in [2.75, 3.05) is 31.5 Å². The second-order valence-electron chi connectivity index (χ2n) is 9.04. The van der Waals surface area contributed by atoms with E-state index in [4.69, 9.17) is 0 Å². The van der Waals surface area contributed by atoms with Crippen molar-refractivity contribution in [3.05, 3.63) is 28.3 Å². The Morgan fingerprint density at radius 2 is 1.76 bits per heavy atom. The van der Waals surface area contributed by atoms with Crippen molar-refractivity contribution in [2.24, 2.45) is 5.41 Å². The molecule has 2 aliphatic carbocycles. The molecular weight excluding hydrogens is 388 g/mol. The standard InChI is InChI=1S/C20H26N6O2S/c27-29(28,26-11-20(12-26)7-8-21-10-20)19-23-18(24-25-19)22-17-15-5-1-3-13(15)9-14-4-2-6-16(14)17/h9,21H,1-8,10-12H2,(H2,22,23,24,25). The van der Waals surface area contributed by atoms with Crippen molar-refractivity contribution in [3.8, 4) is 0 Å². The van der Waals surface area contributed by atoms with Crippen LogP contribution in [0.3, 0.4) is 0 Å². The van der Waals surface area contributed by atoms with Crippen LogP contribution in [-0.2, 0) is 35.7 Å². The molecule has 29 heavy (non-hydrogen) atoms. The number of benzene rings is 1. The van der Waals surface area contributed by atoms with Gasteiger partial charge in [-0.25, -0.2) is 8.42 Å². The van der Waals surface area contributed by atoms with Gasteiger partial charge >= 0.3 is 0 Å². The summed E-state index contributed by atoms with van der Waals surface area (Å²) in [5.41, 5.74) is 6.83. The molecule has 0 unspecified atom stereocenters. The lowest BCUT2D eigenvalue weighted by molar-refractivity contribution is 0.0912. The molecule has 2 aromatic rings. The van der Waals surface area contributed by atoms with Crippen LogP contribution >= 0.6 is 0 Å². The lowest BCUT2D eigenvalue weighted by Crippen LogP contribution is -2.59. The summed E-state index contributed by atoms with van der Waals surface area (Å²) in [5, 5.41) is 14.8. The summed E-state index contributed by atoms with van der Waals surface area (Å²) in [6.07, 6.45) is 7.76. The van der Waals surface area contributed by atoms with Gasteiger partial charge in [-0.05, 0) is 73.7 Å². The Balaban J connectivity index is 1.26. The fraction of sp³-hybridized carbons (Fsp3) is 0.600. The van der Waals surface area contributed by atoms with Gasteiger partial charge in [0.05, 0.1) is 0 Å².